The highest BCUT2D eigenvalue weighted by Gasteiger charge is 2.19. The van der Waals surface area contributed by atoms with Gasteiger partial charge in [-0.3, -0.25) is 0 Å². The monoisotopic (exact) mass is 1230 g/mol. The molecule has 0 amide bonds. The van der Waals surface area contributed by atoms with Gasteiger partial charge in [-0.15, -0.1) is 0 Å². The number of hydrogen-bond acceptors (Lipinski definition) is 4. The van der Waals surface area contributed by atoms with Crippen LogP contribution in [0.15, 0.2) is 188 Å². The second-order valence-corrected chi connectivity index (χ2v) is 20.1. The topological polar surface area (TPSA) is 46.9 Å². The van der Waals surface area contributed by atoms with Crippen molar-refractivity contribution in [2.75, 3.05) is 9.80 Å². The number of rotatable bonds is 8. The fraction of sp³-hybridized carbons (Fsp3) is 0.127. The lowest BCUT2D eigenvalue weighted by atomic mass is 9.77. The van der Waals surface area contributed by atoms with E-state index in [0.717, 1.165) is 57.6 Å². The smallest absolute Gasteiger partial charge is 0.423 e. The summed E-state index contributed by atoms with van der Waals surface area (Å²) in [4.78, 5) is 4.43. The second-order valence-electron chi connectivity index (χ2n) is 15.6. The third-order valence-electron chi connectivity index (χ3n) is 10.6. The molecule has 0 spiro atoms. The molecule has 4 nitrogen and oxygen atoms in total. The molecule has 332 valence electrons. The largest absolute Gasteiger partial charge is 0.488 e. The van der Waals surface area contributed by atoms with Crippen molar-refractivity contribution in [1.29, 1.82) is 0 Å². The lowest BCUT2D eigenvalue weighted by Crippen LogP contribution is -2.32. The fourth-order valence-corrected chi connectivity index (χ4v) is 9.75. The first kappa shape index (κ1) is 52.0. The highest BCUT2D eigenvalue weighted by Crippen LogP contribution is 2.42. The van der Waals surface area contributed by atoms with Gasteiger partial charge < -0.3 is 19.8 Å². The molecule has 0 aliphatic carbocycles. The molecule has 0 saturated heterocycles. The van der Waals surface area contributed by atoms with Crippen LogP contribution in [0.5, 0.6) is 0 Å². The minimum Gasteiger partial charge on any atom is -0.423 e. The molecular weight excluding hydrogens is 1180 g/mol. The molecule has 0 unspecified atom stereocenters. The Bertz CT molecular complexity index is 2690. The first-order valence-corrected chi connectivity index (χ1v) is 24.8. The molecule has 8 aromatic rings. The lowest BCUT2D eigenvalue weighted by molar-refractivity contribution is 0.425. The third-order valence-corrected chi connectivity index (χ3v) is 15.9. The molecule has 0 heterocycles. The zero-order valence-corrected chi connectivity index (χ0v) is 44.9. The number of aryl methyl sites for hydroxylation is 6. The summed E-state index contributed by atoms with van der Waals surface area (Å²) in [6.45, 7) is 12.4. The molecule has 0 aliphatic rings. The maximum Gasteiger partial charge on any atom is 0.488 e. The summed E-state index contributed by atoms with van der Waals surface area (Å²) in [7, 11) is -1.49. The van der Waals surface area contributed by atoms with Gasteiger partial charge in [0.25, 0.3) is 0 Å². The Morgan fingerprint density at radius 2 is 0.708 bits per heavy atom. The first-order valence-electron chi connectivity index (χ1n) is 20.6. The van der Waals surface area contributed by atoms with E-state index < -0.39 is 7.12 Å². The highest BCUT2D eigenvalue weighted by atomic mass is 127. The van der Waals surface area contributed by atoms with Crippen molar-refractivity contribution in [1.82, 2.24) is 0 Å². The van der Waals surface area contributed by atoms with Crippen LogP contribution in [0, 0.1) is 45.1 Å². The van der Waals surface area contributed by atoms with Gasteiger partial charge in [0, 0.05) is 61.1 Å². The van der Waals surface area contributed by atoms with Crippen LogP contribution >= 0.6 is 86.3 Å². The molecule has 2 N–H and O–H groups in total. The summed E-state index contributed by atoms with van der Waals surface area (Å²) in [5.41, 5.74) is 16.2. The van der Waals surface area contributed by atoms with Crippen LogP contribution in [0.3, 0.4) is 0 Å². The molecule has 0 atom stereocenters. The molecule has 8 aromatic carbocycles. The first-order chi connectivity index (χ1) is 30.6. The van der Waals surface area contributed by atoms with E-state index in [1.165, 1.54) is 42.5 Å². The van der Waals surface area contributed by atoms with Crippen molar-refractivity contribution in [3.05, 3.63) is 225 Å². The number of halogens is 5. The Labute approximate surface area is 433 Å². The van der Waals surface area contributed by atoms with Crippen LogP contribution in [-0.4, -0.2) is 17.2 Å². The van der Waals surface area contributed by atoms with Crippen LogP contribution in [-0.2, 0) is 0 Å². The summed E-state index contributed by atoms with van der Waals surface area (Å²) >= 11 is 16.6. The van der Waals surface area contributed by atoms with Crippen molar-refractivity contribution < 1.29 is 10.0 Å². The van der Waals surface area contributed by atoms with Crippen LogP contribution in [0.1, 0.15) is 40.8 Å². The number of nitrogens with zero attached hydrogens (tertiary/aromatic N) is 2. The molecule has 0 fully saturated rings. The van der Waals surface area contributed by atoms with Gasteiger partial charge in [-0.2, -0.15) is 0 Å². The Morgan fingerprint density at radius 1 is 0.400 bits per heavy atom. The van der Waals surface area contributed by atoms with Gasteiger partial charge in [0.15, 0.2) is 0 Å². The van der Waals surface area contributed by atoms with E-state index in [-0.39, 0.29) is 7.43 Å². The van der Waals surface area contributed by atoms with E-state index in [2.05, 4.69) is 258 Å². The lowest BCUT2D eigenvalue weighted by Gasteiger charge is -2.27. The Hall–Kier alpha value is -4.01. The van der Waals surface area contributed by atoms with Crippen molar-refractivity contribution >= 4 is 133 Å². The summed E-state index contributed by atoms with van der Waals surface area (Å²) in [6, 6.07) is 58.7. The maximum atomic E-state index is 9.66. The van der Waals surface area contributed by atoms with Crippen LogP contribution < -0.4 is 15.3 Å². The molecule has 65 heavy (non-hydrogen) atoms. The number of anilines is 6. The molecule has 8 rings (SSSR count). The van der Waals surface area contributed by atoms with Crippen molar-refractivity contribution in [3.63, 3.8) is 0 Å². The van der Waals surface area contributed by atoms with Crippen molar-refractivity contribution in [2.45, 2.75) is 49.0 Å². The van der Waals surface area contributed by atoms with Gasteiger partial charge in [-0.05, 0) is 210 Å². The normalized spacial score (nSPS) is 10.4. The Kier molecular flexibility index (Phi) is 19.3. The third kappa shape index (κ3) is 13.6. The maximum absolute atomic E-state index is 9.66. The van der Waals surface area contributed by atoms with Crippen LogP contribution in [0.25, 0.3) is 11.1 Å². The van der Waals surface area contributed by atoms with Crippen LogP contribution in [0.4, 0.5) is 34.1 Å². The molecule has 0 radical (unpaired) electrons. The molecule has 10 heteroatoms. The SMILES string of the molecule is Brc1cccc(Br)c1I.C.Cc1ccc(N(c2ccc(C)cc2)c2ccc(C)c(-c3c(Br)cccc3Br)c2)cc1.Cc1ccc(N(c2ccc(C)cc2)c2ccc(C)c(B(O)O)c2)cc1. The van der Waals surface area contributed by atoms with Gasteiger partial charge in [-0.1, -0.05) is 140 Å². The van der Waals surface area contributed by atoms with E-state index in [9.17, 15) is 10.0 Å². The van der Waals surface area contributed by atoms with Gasteiger partial charge >= 0.3 is 7.12 Å². The van der Waals surface area contributed by atoms with Crippen molar-refractivity contribution in [3.8, 4) is 11.1 Å². The van der Waals surface area contributed by atoms with Gasteiger partial charge in [0.2, 0.25) is 0 Å². The average Bonchev–Trinajstić information content (AvgIpc) is 3.27. The predicted octanol–water partition coefficient (Wildman–Crippen LogP) is 17.5. The molecule has 0 aliphatic heterocycles. The van der Waals surface area contributed by atoms with Gasteiger partial charge in [0.05, 0.1) is 0 Å². The minimum atomic E-state index is -1.49. The average molecular weight is 1230 g/mol. The van der Waals surface area contributed by atoms with E-state index >= 15 is 0 Å². The molecular formula is C55H52BBr4IN2O2. The molecule has 0 bridgehead atoms. The number of benzene rings is 8. The quantitative estimate of drug-likeness (QED) is 0.0904. The highest BCUT2D eigenvalue weighted by molar-refractivity contribution is 14.1. The van der Waals surface area contributed by atoms with Crippen LogP contribution in [0.2, 0.25) is 0 Å². The van der Waals surface area contributed by atoms with E-state index in [0.29, 0.717) is 5.46 Å². The summed E-state index contributed by atoms with van der Waals surface area (Å²) in [6.07, 6.45) is 0. The second kappa shape index (κ2) is 24.1. The minimum absolute atomic E-state index is 0. The predicted molar refractivity (Wildman–Crippen MR) is 303 cm³/mol. The Morgan fingerprint density at radius 3 is 1.05 bits per heavy atom. The Balaban J connectivity index is 0.000000205. The summed E-state index contributed by atoms with van der Waals surface area (Å²) < 4.78 is 5.65. The summed E-state index contributed by atoms with van der Waals surface area (Å²) in [5.74, 6) is 0. The standard InChI is InChI=1S/C27H23Br2N.C21H22BNO2.C6H3Br2I.CH4/c1-18-7-12-21(13-8-18)30(22-14-9-19(2)10-15-22)23-16-11-20(3)24(17-23)27-25(28)5-4-6-26(27)29;1-15-4-9-18(10-5-15)23(19-11-6-16(2)7-12-19)20-13-8-17(3)21(14-20)22(24)25;7-4-2-1-3-5(8)6(4)9;/h4-17H,1-3H3;4-14,24-25H,1-3H3;1-3H;1H4. The van der Waals surface area contributed by atoms with E-state index in [1.807, 2.05) is 49.4 Å². The van der Waals surface area contributed by atoms with E-state index in [1.54, 1.807) is 0 Å². The van der Waals surface area contributed by atoms with Gasteiger partial charge in [0.1, 0.15) is 0 Å². The van der Waals surface area contributed by atoms with E-state index in [4.69, 9.17) is 0 Å². The zero-order valence-electron chi connectivity index (χ0n) is 36.4. The summed E-state index contributed by atoms with van der Waals surface area (Å²) in [5, 5.41) is 19.3. The van der Waals surface area contributed by atoms with Crippen molar-refractivity contribution in [2.24, 2.45) is 0 Å². The molecule has 0 aromatic heterocycles. The zero-order chi connectivity index (χ0) is 46.1. The van der Waals surface area contributed by atoms with Gasteiger partial charge in [-0.25, -0.2) is 0 Å². The number of hydrogen-bond donors (Lipinski definition) is 2. The fourth-order valence-electron chi connectivity index (χ4n) is 6.97. The molecule has 0 saturated carbocycles.